The van der Waals surface area contributed by atoms with Crippen molar-refractivity contribution in [3.05, 3.63) is 24.0 Å². The van der Waals surface area contributed by atoms with Gasteiger partial charge in [-0.05, 0) is 46.4 Å². The molecule has 1 aromatic heterocycles. The molecular weight excluding hydrogens is 262 g/mol. The largest absolute Gasteiger partial charge is 0.491 e. The minimum Gasteiger partial charge on any atom is -0.491 e. The van der Waals surface area contributed by atoms with Gasteiger partial charge in [-0.3, -0.25) is 0 Å². The first-order valence-corrected chi connectivity index (χ1v) is 7.91. The van der Waals surface area contributed by atoms with E-state index in [0.29, 0.717) is 6.04 Å². The molecule has 0 atom stereocenters. The number of hydrogen-bond donors (Lipinski definition) is 1. The first-order chi connectivity index (χ1) is 10.0. The minimum atomic E-state index is 0.183. The lowest BCUT2D eigenvalue weighted by atomic mass is 10.2. The summed E-state index contributed by atoms with van der Waals surface area (Å²) in [5.41, 5.74) is 2.21. The molecule has 0 radical (unpaired) electrons. The standard InChI is InChI=1S/C17H27N3O/c1-6-18-10-9-17-19-15-11-14(21-13(4)5)7-8-16(15)20(17)12(2)3/h7-8,11-13,18H,6,9-10H2,1-5H3. The Morgan fingerprint density at radius 1 is 1.24 bits per heavy atom. The predicted octanol–water partition coefficient (Wildman–Crippen LogP) is 3.56. The van der Waals surface area contributed by atoms with Crippen LogP contribution in [0.4, 0.5) is 0 Å². The number of fused-ring (bicyclic) bond motifs is 1. The van der Waals surface area contributed by atoms with Crippen LogP contribution in [0.2, 0.25) is 0 Å². The van der Waals surface area contributed by atoms with Crippen molar-refractivity contribution in [2.45, 2.75) is 53.2 Å². The summed E-state index contributed by atoms with van der Waals surface area (Å²) in [7, 11) is 0. The zero-order valence-corrected chi connectivity index (χ0v) is 13.8. The Morgan fingerprint density at radius 2 is 2.00 bits per heavy atom. The molecule has 4 nitrogen and oxygen atoms in total. The van der Waals surface area contributed by atoms with Crippen molar-refractivity contribution in [2.24, 2.45) is 0 Å². The third kappa shape index (κ3) is 3.76. The third-order valence-electron chi connectivity index (χ3n) is 3.40. The van der Waals surface area contributed by atoms with Gasteiger partial charge in [0.25, 0.3) is 0 Å². The number of ether oxygens (including phenoxy) is 1. The quantitative estimate of drug-likeness (QED) is 0.792. The van der Waals surface area contributed by atoms with Crippen molar-refractivity contribution in [3.8, 4) is 5.75 Å². The van der Waals surface area contributed by atoms with E-state index in [2.05, 4.69) is 36.7 Å². The minimum absolute atomic E-state index is 0.183. The fourth-order valence-electron chi connectivity index (χ4n) is 2.60. The van der Waals surface area contributed by atoms with Gasteiger partial charge < -0.3 is 14.6 Å². The Bertz CT molecular complexity index is 587. The number of likely N-dealkylation sites (N-methyl/N-ethyl adjacent to an activating group) is 1. The van der Waals surface area contributed by atoms with Gasteiger partial charge in [0.1, 0.15) is 11.6 Å². The molecule has 2 rings (SSSR count). The molecule has 0 aliphatic carbocycles. The summed E-state index contributed by atoms with van der Waals surface area (Å²) in [5, 5.41) is 3.37. The van der Waals surface area contributed by atoms with Crippen LogP contribution in [0.1, 0.15) is 46.5 Å². The lowest BCUT2D eigenvalue weighted by molar-refractivity contribution is 0.242. The van der Waals surface area contributed by atoms with Crippen LogP contribution in [-0.4, -0.2) is 28.7 Å². The predicted molar refractivity (Wildman–Crippen MR) is 88.1 cm³/mol. The highest BCUT2D eigenvalue weighted by molar-refractivity contribution is 5.78. The van der Waals surface area contributed by atoms with Crippen LogP contribution in [0, 0.1) is 0 Å². The molecule has 0 bridgehead atoms. The Kier molecular flexibility index (Phi) is 5.23. The Hall–Kier alpha value is -1.55. The summed E-state index contributed by atoms with van der Waals surface area (Å²) in [4.78, 5) is 4.82. The fourth-order valence-corrected chi connectivity index (χ4v) is 2.60. The van der Waals surface area contributed by atoms with Crippen LogP contribution in [0.25, 0.3) is 11.0 Å². The summed E-state index contributed by atoms with van der Waals surface area (Å²) in [5.74, 6) is 2.03. The molecule has 1 N–H and O–H groups in total. The maximum Gasteiger partial charge on any atom is 0.121 e. The lowest BCUT2D eigenvalue weighted by Gasteiger charge is -2.13. The Balaban J connectivity index is 2.36. The zero-order chi connectivity index (χ0) is 15.4. The molecule has 0 spiro atoms. The van der Waals surface area contributed by atoms with E-state index < -0.39 is 0 Å². The molecule has 1 heterocycles. The maximum atomic E-state index is 5.77. The number of benzene rings is 1. The van der Waals surface area contributed by atoms with Crippen LogP contribution in [0.5, 0.6) is 5.75 Å². The first kappa shape index (κ1) is 15.8. The normalized spacial score (nSPS) is 11.8. The average Bonchev–Trinajstić information content (AvgIpc) is 2.75. The first-order valence-electron chi connectivity index (χ1n) is 7.91. The molecule has 0 aliphatic heterocycles. The van der Waals surface area contributed by atoms with Crippen molar-refractivity contribution < 1.29 is 4.74 Å². The van der Waals surface area contributed by atoms with Gasteiger partial charge in [0.2, 0.25) is 0 Å². The zero-order valence-electron chi connectivity index (χ0n) is 13.8. The van der Waals surface area contributed by atoms with Crippen molar-refractivity contribution in [1.29, 1.82) is 0 Å². The van der Waals surface area contributed by atoms with Gasteiger partial charge in [0, 0.05) is 25.1 Å². The summed E-state index contributed by atoms with van der Waals surface area (Å²) in [6.07, 6.45) is 1.13. The van der Waals surface area contributed by atoms with Crippen molar-refractivity contribution in [2.75, 3.05) is 13.1 Å². The van der Waals surface area contributed by atoms with Crippen molar-refractivity contribution >= 4 is 11.0 Å². The molecular formula is C17H27N3O. The number of aromatic nitrogens is 2. The van der Waals surface area contributed by atoms with Gasteiger partial charge in [-0.2, -0.15) is 0 Å². The maximum absolute atomic E-state index is 5.77. The monoisotopic (exact) mass is 289 g/mol. The van der Waals surface area contributed by atoms with Gasteiger partial charge in [-0.15, -0.1) is 0 Å². The molecule has 1 aromatic carbocycles. The summed E-state index contributed by atoms with van der Waals surface area (Å²) >= 11 is 0. The van der Waals surface area contributed by atoms with E-state index in [0.717, 1.165) is 36.6 Å². The number of nitrogens with one attached hydrogen (secondary N) is 1. The molecule has 116 valence electrons. The smallest absolute Gasteiger partial charge is 0.121 e. The van der Waals surface area contributed by atoms with Gasteiger partial charge in [0.15, 0.2) is 0 Å². The molecule has 0 aliphatic rings. The second-order valence-corrected chi connectivity index (χ2v) is 5.91. The second kappa shape index (κ2) is 6.94. The highest BCUT2D eigenvalue weighted by atomic mass is 16.5. The van der Waals surface area contributed by atoms with Gasteiger partial charge in [-0.1, -0.05) is 6.92 Å². The number of hydrogen-bond acceptors (Lipinski definition) is 3. The number of nitrogens with zero attached hydrogens (tertiary/aromatic N) is 2. The topological polar surface area (TPSA) is 39.1 Å². The highest BCUT2D eigenvalue weighted by Crippen LogP contribution is 2.25. The molecule has 0 unspecified atom stereocenters. The summed E-state index contributed by atoms with van der Waals surface area (Å²) in [6, 6.07) is 6.61. The van der Waals surface area contributed by atoms with Crippen LogP contribution >= 0.6 is 0 Å². The van der Waals surface area contributed by atoms with Crippen LogP contribution in [0.3, 0.4) is 0 Å². The SMILES string of the molecule is CCNCCc1nc2cc(OC(C)C)ccc2n1C(C)C. The number of rotatable bonds is 7. The van der Waals surface area contributed by atoms with E-state index in [1.54, 1.807) is 0 Å². The fraction of sp³-hybridized carbons (Fsp3) is 0.588. The van der Waals surface area contributed by atoms with Gasteiger partial charge in [0.05, 0.1) is 17.1 Å². The molecule has 0 fully saturated rings. The van der Waals surface area contributed by atoms with E-state index in [4.69, 9.17) is 9.72 Å². The Morgan fingerprint density at radius 3 is 2.62 bits per heavy atom. The van der Waals surface area contributed by atoms with E-state index >= 15 is 0 Å². The van der Waals surface area contributed by atoms with E-state index in [-0.39, 0.29) is 6.10 Å². The van der Waals surface area contributed by atoms with Crippen LogP contribution in [0.15, 0.2) is 18.2 Å². The lowest BCUT2D eigenvalue weighted by Crippen LogP contribution is -2.18. The second-order valence-electron chi connectivity index (χ2n) is 5.91. The summed E-state index contributed by atoms with van der Waals surface area (Å²) < 4.78 is 8.09. The average molecular weight is 289 g/mol. The molecule has 0 amide bonds. The van der Waals surface area contributed by atoms with Crippen molar-refractivity contribution in [1.82, 2.24) is 14.9 Å². The van der Waals surface area contributed by atoms with Gasteiger partial charge >= 0.3 is 0 Å². The molecule has 0 saturated heterocycles. The van der Waals surface area contributed by atoms with E-state index in [1.165, 1.54) is 5.52 Å². The van der Waals surface area contributed by atoms with E-state index in [1.807, 2.05) is 26.0 Å². The van der Waals surface area contributed by atoms with E-state index in [9.17, 15) is 0 Å². The van der Waals surface area contributed by atoms with Crippen molar-refractivity contribution in [3.63, 3.8) is 0 Å². The third-order valence-corrected chi connectivity index (χ3v) is 3.40. The van der Waals surface area contributed by atoms with Gasteiger partial charge in [-0.25, -0.2) is 4.98 Å². The number of imidazole rings is 1. The molecule has 2 aromatic rings. The van der Waals surface area contributed by atoms with Crippen LogP contribution < -0.4 is 10.1 Å². The van der Waals surface area contributed by atoms with Crippen LogP contribution in [-0.2, 0) is 6.42 Å². The summed E-state index contributed by atoms with van der Waals surface area (Å²) in [6.45, 7) is 12.6. The molecule has 0 saturated carbocycles. The molecule has 21 heavy (non-hydrogen) atoms. The molecule has 4 heteroatoms. The highest BCUT2D eigenvalue weighted by Gasteiger charge is 2.13. The Labute approximate surface area is 127 Å².